The zero-order valence-electron chi connectivity index (χ0n) is 13.7. The summed E-state index contributed by atoms with van der Waals surface area (Å²) in [6, 6.07) is 7.16. The van der Waals surface area contributed by atoms with Crippen molar-refractivity contribution in [1.29, 1.82) is 0 Å². The van der Waals surface area contributed by atoms with Gasteiger partial charge in [0.05, 0.1) is 19.9 Å². The Labute approximate surface area is 156 Å². The highest BCUT2D eigenvalue weighted by Gasteiger charge is 2.14. The molecule has 0 spiro atoms. The molecule has 4 rings (SSSR count). The highest BCUT2D eigenvalue weighted by molar-refractivity contribution is 7.21. The standard InChI is InChI=1S/C17H14N4O3S2/c1-9-19-15-13(26-9)7-12(10-4-6-25-16(10)15)24-8-14(22)20-21-17(23)11-3-2-5-18-11/h2-7,18H,8H2,1H3,(H,20,22)(H,21,23). The van der Waals surface area contributed by atoms with Crippen LogP contribution in [-0.2, 0) is 4.79 Å². The molecule has 0 aliphatic rings. The van der Waals surface area contributed by atoms with Crippen molar-refractivity contribution in [3.05, 3.63) is 46.5 Å². The zero-order valence-corrected chi connectivity index (χ0v) is 15.3. The molecule has 9 heteroatoms. The first-order chi connectivity index (χ1) is 12.6. The number of benzene rings is 1. The molecule has 0 aliphatic carbocycles. The Bertz CT molecular complexity index is 1100. The molecule has 0 saturated carbocycles. The molecular formula is C17H14N4O3S2. The van der Waals surface area contributed by atoms with E-state index in [2.05, 4.69) is 20.8 Å². The molecule has 3 heterocycles. The summed E-state index contributed by atoms with van der Waals surface area (Å²) in [5, 5.41) is 3.88. The van der Waals surface area contributed by atoms with Gasteiger partial charge in [0.1, 0.15) is 11.4 Å². The number of nitrogens with one attached hydrogen (secondary N) is 3. The van der Waals surface area contributed by atoms with E-state index in [0.717, 1.165) is 25.3 Å². The Morgan fingerprint density at radius 2 is 2.19 bits per heavy atom. The summed E-state index contributed by atoms with van der Waals surface area (Å²) < 4.78 is 7.76. The van der Waals surface area contributed by atoms with Gasteiger partial charge in [0, 0.05) is 17.6 Å². The summed E-state index contributed by atoms with van der Waals surface area (Å²) in [4.78, 5) is 31.1. The molecule has 4 aromatic rings. The minimum Gasteiger partial charge on any atom is -0.483 e. The lowest BCUT2D eigenvalue weighted by Crippen LogP contribution is -2.43. The van der Waals surface area contributed by atoms with Crippen molar-refractivity contribution in [3.63, 3.8) is 0 Å². The predicted molar refractivity (Wildman–Crippen MR) is 102 cm³/mol. The number of carbonyl (C=O) groups is 2. The highest BCUT2D eigenvalue weighted by atomic mass is 32.1. The maximum absolute atomic E-state index is 12.0. The molecule has 3 aromatic heterocycles. The van der Waals surface area contributed by atoms with Gasteiger partial charge in [-0.3, -0.25) is 20.4 Å². The number of aryl methyl sites for hydroxylation is 1. The van der Waals surface area contributed by atoms with Crippen molar-refractivity contribution >= 4 is 54.8 Å². The molecule has 0 unspecified atom stereocenters. The van der Waals surface area contributed by atoms with Gasteiger partial charge >= 0.3 is 0 Å². The van der Waals surface area contributed by atoms with Crippen molar-refractivity contribution < 1.29 is 14.3 Å². The number of hydrazine groups is 1. The molecule has 2 amide bonds. The van der Waals surface area contributed by atoms with Gasteiger partial charge in [-0.2, -0.15) is 0 Å². The molecule has 0 aliphatic heterocycles. The van der Waals surface area contributed by atoms with Crippen molar-refractivity contribution in [1.82, 2.24) is 20.8 Å². The number of thiazole rings is 1. The van der Waals surface area contributed by atoms with Crippen LogP contribution in [-0.4, -0.2) is 28.4 Å². The number of ether oxygens (including phenoxy) is 1. The lowest BCUT2D eigenvalue weighted by molar-refractivity contribution is -0.123. The van der Waals surface area contributed by atoms with Crippen LogP contribution in [0.15, 0.2) is 35.8 Å². The molecule has 7 nitrogen and oxygen atoms in total. The van der Waals surface area contributed by atoms with E-state index in [1.165, 1.54) is 0 Å². The number of fused-ring (bicyclic) bond motifs is 3. The van der Waals surface area contributed by atoms with Crippen LogP contribution in [0.25, 0.3) is 20.3 Å². The predicted octanol–water partition coefficient (Wildman–Crippen LogP) is 2.99. The topological polar surface area (TPSA) is 96.1 Å². The van der Waals surface area contributed by atoms with Gasteiger partial charge in [-0.15, -0.1) is 22.7 Å². The van der Waals surface area contributed by atoms with Gasteiger partial charge in [-0.1, -0.05) is 0 Å². The Morgan fingerprint density at radius 1 is 1.31 bits per heavy atom. The maximum atomic E-state index is 12.0. The molecule has 0 fully saturated rings. The van der Waals surface area contributed by atoms with Gasteiger partial charge in [0.2, 0.25) is 0 Å². The SMILES string of the molecule is Cc1nc2c(cc(OCC(=O)NNC(=O)c3ccc[nH]3)c3ccsc32)s1. The van der Waals surface area contributed by atoms with Gasteiger partial charge in [-0.25, -0.2) is 4.98 Å². The minimum atomic E-state index is -0.450. The molecular weight excluding hydrogens is 372 g/mol. The van der Waals surface area contributed by atoms with E-state index in [9.17, 15) is 9.59 Å². The van der Waals surface area contributed by atoms with Gasteiger partial charge in [0.25, 0.3) is 11.8 Å². The summed E-state index contributed by atoms with van der Waals surface area (Å²) >= 11 is 3.18. The van der Waals surface area contributed by atoms with Crippen LogP contribution < -0.4 is 15.6 Å². The van der Waals surface area contributed by atoms with E-state index in [1.54, 1.807) is 41.0 Å². The van der Waals surface area contributed by atoms with Crippen LogP contribution in [0, 0.1) is 6.92 Å². The average molecular weight is 386 g/mol. The number of aromatic nitrogens is 2. The van der Waals surface area contributed by atoms with Crippen molar-refractivity contribution in [2.75, 3.05) is 6.61 Å². The monoisotopic (exact) mass is 386 g/mol. The molecule has 0 bridgehead atoms. The van der Waals surface area contributed by atoms with Crippen LogP contribution >= 0.6 is 22.7 Å². The maximum Gasteiger partial charge on any atom is 0.286 e. The molecule has 0 radical (unpaired) electrons. The number of hydrogen-bond donors (Lipinski definition) is 3. The number of amides is 2. The Hall–Kier alpha value is -2.91. The first-order valence-corrected chi connectivity index (χ1v) is 9.44. The quantitative estimate of drug-likeness (QED) is 0.470. The molecule has 1 aromatic carbocycles. The second-order valence-electron chi connectivity index (χ2n) is 5.49. The van der Waals surface area contributed by atoms with Gasteiger partial charge in [0.15, 0.2) is 6.61 Å². The number of thiophene rings is 1. The second kappa shape index (κ2) is 6.77. The first-order valence-electron chi connectivity index (χ1n) is 7.74. The number of hydrogen-bond acceptors (Lipinski definition) is 6. The second-order valence-corrected chi connectivity index (χ2v) is 7.64. The fraction of sp³-hybridized carbons (Fsp3) is 0.118. The lowest BCUT2D eigenvalue weighted by Gasteiger charge is -2.09. The largest absolute Gasteiger partial charge is 0.483 e. The number of rotatable bonds is 4. The van der Waals surface area contributed by atoms with Crippen LogP contribution in [0.5, 0.6) is 5.75 Å². The Kier molecular flexibility index (Phi) is 4.31. The average Bonchev–Trinajstić information content (AvgIpc) is 3.35. The summed E-state index contributed by atoms with van der Waals surface area (Å²) in [7, 11) is 0. The third-order valence-electron chi connectivity index (χ3n) is 3.69. The van der Waals surface area contributed by atoms with Crippen LogP contribution in [0.3, 0.4) is 0 Å². The lowest BCUT2D eigenvalue weighted by atomic mass is 10.2. The van der Waals surface area contributed by atoms with Crippen LogP contribution in [0.4, 0.5) is 0 Å². The Morgan fingerprint density at radius 3 is 3.00 bits per heavy atom. The normalized spacial score (nSPS) is 11.0. The molecule has 0 atom stereocenters. The fourth-order valence-corrected chi connectivity index (χ4v) is 4.38. The number of carbonyl (C=O) groups excluding carboxylic acids is 2. The highest BCUT2D eigenvalue weighted by Crippen LogP contribution is 2.38. The van der Waals surface area contributed by atoms with E-state index >= 15 is 0 Å². The molecule has 0 saturated heterocycles. The third kappa shape index (κ3) is 3.14. The van der Waals surface area contributed by atoms with Crippen molar-refractivity contribution in [3.8, 4) is 5.75 Å². The summed E-state index contributed by atoms with van der Waals surface area (Å²) in [5.74, 6) is -0.248. The van der Waals surface area contributed by atoms with E-state index in [-0.39, 0.29) is 6.61 Å². The first kappa shape index (κ1) is 16.6. The van der Waals surface area contributed by atoms with E-state index in [1.807, 2.05) is 24.4 Å². The molecule has 132 valence electrons. The zero-order chi connectivity index (χ0) is 18.1. The van der Waals surface area contributed by atoms with E-state index in [0.29, 0.717) is 11.4 Å². The minimum absolute atomic E-state index is 0.209. The molecule has 26 heavy (non-hydrogen) atoms. The smallest absolute Gasteiger partial charge is 0.286 e. The summed E-state index contributed by atoms with van der Waals surface area (Å²) in [5.41, 5.74) is 5.99. The fourth-order valence-electron chi connectivity index (χ4n) is 2.55. The van der Waals surface area contributed by atoms with E-state index < -0.39 is 11.8 Å². The van der Waals surface area contributed by atoms with Crippen molar-refractivity contribution in [2.24, 2.45) is 0 Å². The van der Waals surface area contributed by atoms with Crippen LogP contribution in [0.2, 0.25) is 0 Å². The molecule has 3 N–H and O–H groups in total. The van der Waals surface area contributed by atoms with Gasteiger partial charge in [-0.05, 0) is 30.5 Å². The summed E-state index contributed by atoms with van der Waals surface area (Å²) in [6.45, 7) is 1.75. The number of H-pyrrole nitrogens is 1. The summed E-state index contributed by atoms with van der Waals surface area (Å²) in [6.07, 6.45) is 1.63. The number of aromatic amines is 1. The number of nitrogens with zero attached hydrogens (tertiary/aromatic N) is 1. The third-order valence-corrected chi connectivity index (χ3v) is 5.52. The van der Waals surface area contributed by atoms with E-state index in [4.69, 9.17) is 4.74 Å². The van der Waals surface area contributed by atoms with Crippen LogP contribution in [0.1, 0.15) is 15.5 Å². The Balaban J connectivity index is 1.44. The van der Waals surface area contributed by atoms with Gasteiger partial charge < -0.3 is 9.72 Å². The van der Waals surface area contributed by atoms with Crippen molar-refractivity contribution in [2.45, 2.75) is 6.92 Å².